The van der Waals surface area contributed by atoms with E-state index in [1.54, 1.807) is 6.20 Å². The molecule has 7 nitrogen and oxygen atoms in total. The number of benzene rings is 1. The van der Waals surface area contributed by atoms with Crippen LogP contribution in [0, 0.1) is 0 Å². The van der Waals surface area contributed by atoms with Crippen molar-refractivity contribution in [3.63, 3.8) is 0 Å². The molecule has 1 aliphatic carbocycles. The molecule has 3 aromatic heterocycles. The van der Waals surface area contributed by atoms with Crippen molar-refractivity contribution in [1.29, 1.82) is 0 Å². The Bertz CT molecular complexity index is 1210. The summed E-state index contributed by atoms with van der Waals surface area (Å²) < 4.78 is 7.57. The van der Waals surface area contributed by atoms with Crippen molar-refractivity contribution in [3.05, 3.63) is 66.0 Å². The number of morpholine rings is 1. The molecule has 4 aromatic rings. The lowest BCUT2D eigenvalue weighted by atomic mass is 9.76. The quantitative estimate of drug-likeness (QED) is 0.491. The van der Waals surface area contributed by atoms with E-state index < -0.39 is 0 Å². The molecule has 0 bridgehead atoms. The van der Waals surface area contributed by atoms with Crippen LogP contribution in [0.2, 0.25) is 0 Å². The minimum Gasteiger partial charge on any atom is -0.377 e. The van der Waals surface area contributed by atoms with Gasteiger partial charge in [-0.1, -0.05) is 30.3 Å². The second-order valence-corrected chi connectivity index (χ2v) is 9.38. The largest absolute Gasteiger partial charge is 0.377 e. The van der Waals surface area contributed by atoms with Crippen LogP contribution < -0.4 is 4.90 Å². The third-order valence-electron chi connectivity index (χ3n) is 7.37. The van der Waals surface area contributed by atoms with Gasteiger partial charge in [-0.05, 0) is 61.6 Å². The summed E-state index contributed by atoms with van der Waals surface area (Å²) in [5.41, 5.74) is 3.76. The Labute approximate surface area is 193 Å². The predicted octanol–water partition coefficient (Wildman–Crippen LogP) is 4.81. The molecule has 0 unspecified atom stereocenters. The highest BCUT2D eigenvalue weighted by atomic mass is 16.5. The van der Waals surface area contributed by atoms with E-state index in [1.807, 2.05) is 16.9 Å². The number of aromatic nitrogens is 5. The van der Waals surface area contributed by atoms with Crippen molar-refractivity contribution >= 4 is 16.9 Å². The molecule has 1 N–H and O–H groups in total. The van der Waals surface area contributed by atoms with Crippen molar-refractivity contribution < 1.29 is 4.74 Å². The molecule has 33 heavy (non-hydrogen) atoms. The number of aromatic amines is 1. The van der Waals surface area contributed by atoms with Crippen LogP contribution in [-0.2, 0) is 4.74 Å². The van der Waals surface area contributed by atoms with Crippen LogP contribution in [0.1, 0.15) is 55.6 Å². The smallest absolute Gasteiger partial charge is 0.167 e. The zero-order valence-electron chi connectivity index (χ0n) is 19.0. The fourth-order valence-electron chi connectivity index (χ4n) is 5.57. The minimum absolute atomic E-state index is 0.300. The maximum atomic E-state index is 5.69. The van der Waals surface area contributed by atoms with Gasteiger partial charge >= 0.3 is 0 Å². The second kappa shape index (κ2) is 8.63. The van der Waals surface area contributed by atoms with Crippen LogP contribution in [0.5, 0.6) is 0 Å². The standard InChI is InChI=1S/C26H30N6O/c1-18-17-33-14-13-31(18)25-15-22(21-9-7-20(8-10-21)19-5-3-2-4-6-19)23-16-28-32(26(23)29-25)24-11-12-27-30-24/h2-6,11-12,15-16,18,20-21H,7-10,13-14,17H2,1H3,(H,27,30)/t18-,20?,21?/m1/s1. The first-order valence-corrected chi connectivity index (χ1v) is 12.1. The predicted molar refractivity (Wildman–Crippen MR) is 129 cm³/mol. The van der Waals surface area contributed by atoms with Gasteiger partial charge in [-0.3, -0.25) is 5.10 Å². The molecule has 6 rings (SSSR count). The number of H-pyrrole nitrogens is 1. The minimum atomic E-state index is 0.300. The van der Waals surface area contributed by atoms with Gasteiger partial charge in [0.15, 0.2) is 11.5 Å². The van der Waals surface area contributed by atoms with Gasteiger partial charge in [0.2, 0.25) is 0 Å². The Balaban J connectivity index is 1.38. The Morgan fingerprint density at radius 1 is 1.03 bits per heavy atom. The monoisotopic (exact) mass is 442 g/mol. The van der Waals surface area contributed by atoms with E-state index in [-0.39, 0.29) is 0 Å². The molecule has 170 valence electrons. The molecule has 1 aliphatic heterocycles. The maximum Gasteiger partial charge on any atom is 0.167 e. The number of nitrogens with zero attached hydrogens (tertiary/aromatic N) is 5. The van der Waals surface area contributed by atoms with E-state index in [0.717, 1.165) is 42.4 Å². The van der Waals surface area contributed by atoms with Gasteiger partial charge < -0.3 is 9.64 Å². The molecular weight excluding hydrogens is 412 g/mol. The number of fused-ring (bicyclic) bond motifs is 1. The molecule has 1 aromatic carbocycles. The maximum absolute atomic E-state index is 5.69. The van der Waals surface area contributed by atoms with E-state index in [9.17, 15) is 0 Å². The van der Waals surface area contributed by atoms with Crippen LogP contribution in [0.4, 0.5) is 5.82 Å². The van der Waals surface area contributed by atoms with Crippen molar-refractivity contribution in [2.24, 2.45) is 0 Å². The third-order valence-corrected chi connectivity index (χ3v) is 7.37. The summed E-state index contributed by atoms with van der Waals surface area (Å²) in [5, 5.41) is 13.0. The highest BCUT2D eigenvalue weighted by molar-refractivity contribution is 5.83. The normalized spacial score (nSPS) is 23.8. The van der Waals surface area contributed by atoms with Crippen molar-refractivity contribution in [2.45, 2.75) is 50.5 Å². The van der Waals surface area contributed by atoms with E-state index >= 15 is 0 Å². The summed E-state index contributed by atoms with van der Waals surface area (Å²) >= 11 is 0. The van der Waals surface area contributed by atoms with Gasteiger partial charge in [-0.25, -0.2) is 4.98 Å². The molecule has 2 aliphatic rings. The van der Waals surface area contributed by atoms with Crippen molar-refractivity contribution in [2.75, 3.05) is 24.7 Å². The highest BCUT2D eigenvalue weighted by Gasteiger charge is 2.28. The summed E-state index contributed by atoms with van der Waals surface area (Å²) in [6, 6.07) is 15.5. The van der Waals surface area contributed by atoms with E-state index in [4.69, 9.17) is 14.8 Å². The lowest BCUT2D eigenvalue weighted by Gasteiger charge is -2.35. The Kier molecular flexibility index (Phi) is 5.34. The van der Waals surface area contributed by atoms with E-state index in [2.05, 4.69) is 58.4 Å². The Morgan fingerprint density at radius 3 is 2.61 bits per heavy atom. The zero-order valence-corrected chi connectivity index (χ0v) is 19.0. The molecule has 2 fully saturated rings. The average Bonchev–Trinajstić information content (AvgIpc) is 3.54. The molecule has 0 spiro atoms. The van der Waals surface area contributed by atoms with Gasteiger partial charge in [0.05, 0.1) is 31.6 Å². The second-order valence-electron chi connectivity index (χ2n) is 9.38. The first-order chi connectivity index (χ1) is 16.3. The van der Waals surface area contributed by atoms with Gasteiger partial charge in [0, 0.05) is 18.0 Å². The first-order valence-electron chi connectivity index (χ1n) is 12.1. The molecule has 7 heteroatoms. The Morgan fingerprint density at radius 2 is 1.85 bits per heavy atom. The SMILES string of the molecule is C[C@@H]1COCCN1c1cc(C2CCC(c3ccccc3)CC2)c2cnn(-c3ccn[nH]3)c2n1. The Hall–Kier alpha value is -3.19. The van der Waals surface area contributed by atoms with Crippen molar-refractivity contribution in [3.8, 4) is 5.82 Å². The molecule has 1 saturated carbocycles. The summed E-state index contributed by atoms with van der Waals surface area (Å²) in [6.45, 7) is 4.54. The number of pyridine rings is 1. The van der Waals surface area contributed by atoms with E-state index in [0.29, 0.717) is 17.9 Å². The number of nitrogens with one attached hydrogen (secondary N) is 1. The lowest BCUT2D eigenvalue weighted by molar-refractivity contribution is 0.0985. The number of hydrogen-bond donors (Lipinski definition) is 1. The van der Waals surface area contributed by atoms with Gasteiger partial charge in [-0.15, -0.1) is 0 Å². The molecule has 4 heterocycles. The fourth-order valence-corrected chi connectivity index (χ4v) is 5.57. The van der Waals surface area contributed by atoms with Crippen molar-refractivity contribution in [1.82, 2.24) is 25.0 Å². The summed E-state index contributed by atoms with van der Waals surface area (Å²) in [6.07, 6.45) is 8.54. The molecule has 0 radical (unpaired) electrons. The number of rotatable bonds is 4. The molecule has 1 atom stereocenters. The fraction of sp³-hybridized carbons (Fsp3) is 0.423. The third kappa shape index (κ3) is 3.80. The lowest BCUT2D eigenvalue weighted by Crippen LogP contribution is -2.44. The van der Waals surface area contributed by atoms with Gasteiger partial charge in [-0.2, -0.15) is 14.9 Å². The summed E-state index contributed by atoms with van der Waals surface area (Å²) in [5.74, 6) is 3.04. The first kappa shape index (κ1) is 20.4. The van der Waals surface area contributed by atoms with Gasteiger partial charge in [0.1, 0.15) is 5.82 Å². The number of ether oxygens (including phenoxy) is 1. The van der Waals surface area contributed by atoms with Crippen LogP contribution in [0.25, 0.3) is 16.9 Å². The number of anilines is 1. The van der Waals surface area contributed by atoms with Crippen LogP contribution in [-0.4, -0.2) is 50.8 Å². The highest BCUT2D eigenvalue weighted by Crippen LogP contribution is 2.43. The topological polar surface area (TPSA) is 71.9 Å². The molecule has 0 amide bonds. The zero-order chi connectivity index (χ0) is 22.2. The average molecular weight is 443 g/mol. The number of hydrogen-bond acceptors (Lipinski definition) is 5. The summed E-state index contributed by atoms with van der Waals surface area (Å²) in [7, 11) is 0. The van der Waals surface area contributed by atoms with Crippen LogP contribution in [0.3, 0.4) is 0 Å². The molecule has 1 saturated heterocycles. The van der Waals surface area contributed by atoms with Gasteiger partial charge in [0.25, 0.3) is 0 Å². The summed E-state index contributed by atoms with van der Waals surface area (Å²) in [4.78, 5) is 7.49. The van der Waals surface area contributed by atoms with E-state index in [1.165, 1.54) is 36.8 Å². The molecular formula is C26H30N6O. The van der Waals surface area contributed by atoms with Crippen LogP contribution >= 0.6 is 0 Å². The van der Waals surface area contributed by atoms with Crippen LogP contribution in [0.15, 0.2) is 54.9 Å².